The molecule has 0 aliphatic heterocycles. The van der Waals surface area contributed by atoms with Gasteiger partial charge in [-0.1, -0.05) is 6.92 Å². The van der Waals surface area contributed by atoms with Crippen molar-refractivity contribution in [2.24, 2.45) is 0 Å². The molecule has 0 atom stereocenters. The Morgan fingerprint density at radius 1 is 1.44 bits per heavy atom. The predicted octanol–water partition coefficient (Wildman–Crippen LogP) is 0.824. The van der Waals surface area contributed by atoms with Gasteiger partial charge in [-0.05, 0) is 19.5 Å². The summed E-state index contributed by atoms with van der Waals surface area (Å²) in [7, 11) is 0. The average Bonchev–Trinajstić information content (AvgIpc) is 2.69. The minimum Gasteiger partial charge on any atom is -0.382 e. The summed E-state index contributed by atoms with van der Waals surface area (Å²) in [6.07, 6.45) is 1.91. The molecule has 0 radical (unpaired) electrons. The van der Waals surface area contributed by atoms with E-state index in [-0.39, 0.29) is 0 Å². The summed E-state index contributed by atoms with van der Waals surface area (Å²) in [4.78, 5) is 2.34. The third-order valence-corrected chi connectivity index (χ3v) is 2.51. The SMILES string of the molecule is CCOCCN(CC)CCn1ccc(N)n1. The van der Waals surface area contributed by atoms with E-state index < -0.39 is 0 Å². The van der Waals surface area contributed by atoms with Crippen LogP contribution in [0.1, 0.15) is 13.8 Å². The second kappa shape index (κ2) is 7.24. The molecule has 1 rings (SSSR count). The maximum absolute atomic E-state index is 5.55. The normalized spacial score (nSPS) is 11.2. The maximum Gasteiger partial charge on any atom is 0.145 e. The van der Waals surface area contributed by atoms with E-state index in [1.165, 1.54) is 0 Å². The van der Waals surface area contributed by atoms with Crippen LogP contribution in [0.25, 0.3) is 0 Å². The van der Waals surface area contributed by atoms with Crippen molar-refractivity contribution in [1.82, 2.24) is 14.7 Å². The van der Waals surface area contributed by atoms with E-state index in [1.54, 1.807) is 0 Å². The van der Waals surface area contributed by atoms with E-state index >= 15 is 0 Å². The number of ether oxygens (including phenoxy) is 1. The molecule has 0 aliphatic rings. The smallest absolute Gasteiger partial charge is 0.145 e. The van der Waals surface area contributed by atoms with E-state index in [9.17, 15) is 0 Å². The van der Waals surface area contributed by atoms with Crippen LogP contribution in [0, 0.1) is 0 Å². The summed E-state index contributed by atoms with van der Waals surface area (Å²) in [6, 6.07) is 1.82. The monoisotopic (exact) mass is 226 g/mol. The van der Waals surface area contributed by atoms with E-state index in [0.717, 1.165) is 39.4 Å². The Balaban J connectivity index is 2.22. The molecule has 92 valence electrons. The summed E-state index contributed by atoms with van der Waals surface area (Å²) < 4.78 is 7.21. The fourth-order valence-corrected chi connectivity index (χ4v) is 1.51. The number of hydrogen-bond donors (Lipinski definition) is 1. The number of hydrogen-bond acceptors (Lipinski definition) is 4. The van der Waals surface area contributed by atoms with Crippen LogP contribution in [0.2, 0.25) is 0 Å². The van der Waals surface area contributed by atoms with Gasteiger partial charge in [-0.15, -0.1) is 0 Å². The molecular formula is C11H22N4O. The standard InChI is InChI=1S/C11H22N4O/c1-3-14(9-10-16-4-2)7-8-15-6-5-11(12)13-15/h5-6H,3-4,7-10H2,1-2H3,(H2,12,13). The molecule has 16 heavy (non-hydrogen) atoms. The van der Waals surface area contributed by atoms with Gasteiger partial charge in [-0.25, -0.2) is 0 Å². The Labute approximate surface area is 97.2 Å². The van der Waals surface area contributed by atoms with Gasteiger partial charge in [0.15, 0.2) is 0 Å². The zero-order chi connectivity index (χ0) is 11.8. The van der Waals surface area contributed by atoms with Gasteiger partial charge >= 0.3 is 0 Å². The summed E-state index contributed by atoms with van der Waals surface area (Å²) in [6.45, 7) is 9.61. The highest BCUT2D eigenvalue weighted by Gasteiger charge is 2.02. The first-order chi connectivity index (χ1) is 7.76. The van der Waals surface area contributed by atoms with E-state index in [4.69, 9.17) is 10.5 Å². The van der Waals surface area contributed by atoms with Gasteiger partial charge in [0.2, 0.25) is 0 Å². The first kappa shape index (κ1) is 13.0. The van der Waals surface area contributed by atoms with Crippen molar-refractivity contribution in [1.29, 1.82) is 0 Å². The molecule has 2 N–H and O–H groups in total. The molecule has 1 heterocycles. The summed E-state index contributed by atoms with van der Waals surface area (Å²) >= 11 is 0. The lowest BCUT2D eigenvalue weighted by atomic mass is 10.4. The summed E-state index contributed by atoms with van der Waals surface area (Å²) in [5, 5.41) is 4.15. The van der Waals surface area contributed by atoms with Crippen LogP contribution >= 0.6 is 0 Å². The molecule has 0 unspecified atom stereocenters. The van der Waals surface area contributed by atoms with Gasteiger partial charge in [0.25, 0.3) is 0 Å². The predicted molar refractivity (Wildman–Crippen MR) is 65.2 cm³/mol. The van der Waals surface area contributed by atoms with Gasteiger partial charge < -0.3 is 10.5 Å². The van der Waals surface area contributed by atoms with Gasteiger partial charge in [0.05, 0.1) is 13.2 Å². The third-order valence-electron chi connectivity index (χ3n) is 2.51. The highest BCUT2D eigenvalue weighted by molar-refractivity contribution is 5.23. The van der Waals surface area contributed by atoms with Crippen LogP contribution in [0.4, 0.5) is 5.82 Å². The molecule has 0 saturated heterocycles. The van der Waals surface area contributed by atoms with Crippen molar-refractivity contribution in [3.63, 3.8) is 0 Å². The number of anilines is 1. The topological polar surface area (TPSA) is 56.3 Å². The van der Waals surface area contributed by atoms with Crippen molar-refractivity contribution in [2.45, 2.75) is 20.4 Å². The molecule has 1 aromatic heterocycles. The van der Waals surface area contributed by atoms with Crippen LogP contribution < -0.4 is 5.73 Å². The molecule has 1 aromatic rings. The Morgan fingerprint density at radius 2 is 2.25 bits per heavy atom. The van der Waals surface area contributed by atoms with E-state index in [1.807, 2.05) is 23.9 Å². The molecule has 0 aliphatic carbocycles. The zero-order valence-corrected chi connectivity index (χ0v) is 10.2. The number of likely N-dealkylation sites (N-methyl/N-ethyl adjacent to an activating group) is 1. The van der Waals surface area contributed by atoms with Crippen molar-refractivity contribution in [3.05, 3.63) is 12.3 Å². The van der Waals surface area contributed by atoms with E-state index in [0.29, 0.717) is 5.82 Å². The van der Waals surface area contributed by atoms with Crippen LogP contribution in [-0.4, -0.2) is 47.5 Å². The lowest BCUT2D eigenvalue weighted by Crippen LogP contribution is -2.30. The third kappa shape index (κ3) is 4.63. The summed E-state index contributed by atoms with van der Waals surface area (Å²) in [5.41, 5.74) is 5.55. The first-order valence-electron chi connectivity index (χ1n) is 5.85. The van der Waals surface area contributed by atoms with Gasteiger partial charge in [-0.2, -0.15) is 5.10 Å². The van der Waals surface area contributed by atoms with Crippen LogP contribution in [-0.2, 0) is 11.3 Å². The molecule has 5 nitrogen and oxygen atoms in total. The molecule has 5 heteroatoms. The number of nitrogens with zero attached hydrogens (tertiary/aromatic N) is 3. The average molecular weight is 226 g/mol. The Kier molecular flexibility index (Phi) is 5.88. The zero-order valence-electron chi connectivity index (χ0n) is 10.2. The minimum absolute atomic E-state index is 0.581. The van der Waals surface area contributed by atoms with Crippen LogP contribution in [0.15, 0.2) is 12.3 Å². The molecule has 0 amide bonds. The van der Waals surface area contributed by atoms with Crippen molar-refractivity contribution >= 4 is 5.82 Å². The van der Waals surface area contributed by atoms with Gasteiger partial charge in [0.1, 0.15) is 5.82 Å². The fourth-order valence-electron chi connectivity index (χ4n) is 1.51. The lowest BCUT2D eigenvalue weighted by Gasteiger charge is -2.19. The summed E-state index contributed by atoms with van der Waals surface area (Å²) in [5.74, 6) is 0.581. The van der Waals surface area contributed by atoms with Crippen molar-refractivity contribution in [3.8, 4) is 0 Å². The number of nitrogen functional groups attached to an aromatic ring is 1. The molecule has 0 saturated carbocycles. The van der Waals surface area contributed by atoms with Crippen molar-refractivity contribution < 1.29 is 4.74 Å². The molecular weight excluding hydrogens is 204 g/mol. The highest BCUT2D eigenvalue weighted by Crippen LogP contribution is 1.97. The van der Waals surface area contributed by atoms with Gasteiger partial charge in [0, 0.05) is 25.9 Å². The Morgan fingerprint density at radius 3 is 2.81 bits per heavy atom. The lowest BCUT2D eigenvalue weighted by molar-refractivity contribution is 0.113. The quantitative estimate of drug-likeness (QED) is 0.667. The molecule has 0 fully saturated rings. The van der Waals surface area contributed by atoms with Crippen molar-refractivity contribution in [2.75, 3.05) is 38.6 Å². The first-order valence-corrected chi connectivity index (χ1v) is 5.85. The van der Waals surface area contributed by atoms with Crippen LogP contribution in [0.3, 0.4) is 0 Å². The largest absolute Gasteiger partial charge is 0.382 e. The molecule has 0 aromatic carbocycles. The van der Waals surface area contributed by atoms with Crippen LogP contribution in [0.5, 0.6) is 0 Å². The number of aromatic nitrogens is 2. The molecule has 0 spiro atoms. The Bertz CT molecular complexity index is 287. The second-order valence-electron chi connectivity index (χ2n) is 3.63. The number of nitrogens with two attached hydrogens (primary N) is 1. The number of rotatable bonds is 8. The maximum atomic E-state index is 5.55. The highest BCUT2D eigenvalue weighted by atomic mass is 16.5. The van der Waals surface area contributed by atoms with Gasteiger partial charge in [-0.3, -0.25) is 9.58 Å². The molecule has 0 bridgehead atoms. The fraction of sp³-hybridized carbons (Fsp3) is 0.727. The second-order valence-corrected chi connectivity index (χ2v) is 3.63. The Hall–Kier alpha value is -1.07. The van der Waals surface area contributed by atoms with E-state index in [2.05, 4.69) is 16.9 Å². The minimum atomic E-state index is 0.581.